The van der Waals surface area contributed by atoms with E-state index in [0.717, 1.165) is 11.9 Å². The summed E-state index contributed by atoms with van der Waals surface area (Å²) in [4.78, 5) is 11.0. The quantitative estimate of drug-likeness (QED) is 0.645. The second kappa shape index (κ2) is 3.87. The molecule has 3 nitrogen and oxygen atoms in total. The van der Waals surface area contributed by atoms with Gasteiger partial charge in [-0.25, -0.2) is 0 Å². The average Bonchev–Trinajstić information content (AvgIpc) is 2.51. The van der Waals surface area contributed by atoms with Crippen LogP contribution in [-0.4, -0.2) is 6.29 Å². The van der Waals surface area contributed by atoms with Crippen molar-refractivity contribution in [2.45, 2.75) is 27.2 Å². The van der Waals surface area contributed by atoms with E-state index in [2.05, 4.69) is 12.1 Å². The van der Waals surface area contributed by atoms with E-state index in [1.807, 2.05) is 20.8 Å². The molecule has 15 heavy (non-hydrogen) atoms. The largest absolute Gasteiger partial charge is 0.298 e. The molecule has 0 N–H and O–H groups in total. The van der Waals surface area contributed by atoms with Crippen LogP contribution in [0.25, 0.3) is 0 Å². The predicted molar refractivity (Wildman–Crippen MR) is 55.4 cm³/mol. The Labute approximate surface area is 90.0 Å². The Balaban J connectivity index is 3.28. The van der Waals surface area contributed by atoms with Crippen LogP contribution >= 0.6 is 0 Å². The molecule has 0 spiro atoms. The molecule has 3 heteroatoms. The maximum atomic E-state index is 11.0. The van der Waals surface area contributed by atoms with Crippen LogP contribution in [0.5, 0.6) is 0 Å². The average molecular weight is 202 g/mol. The fourth-order valence-corrected chi connectivity index (χ4v) is 2.51. The van der Waals surface area contributed by atoms with E-state index < -0.39 is 5.41 Å². The predicted octanol–water partition coefficient (Wildman–Crippen LogP) is 2.21. The summed E-state index contributed by atoms with van der Waals surface area (Å²) in [7, 11) is 0. The van der Waals surface area contributed by atoms with Crippen molar-refractivity contribution in [3.05, 3.63) is 11.1 Å². The van der Waals surface area contributed by atoms with Gasteiger partial charge in [0.05, 0.1) is 12.1 Å². The molecular formula is C12H14N2O. The zero-order valence-corrected chi connectivity index (χ0v) is 9.24. The highest BCUT2D eigenvalue weighted by molar-refractivity contribution is 5.78. The molecule has 0 saturated carbocycles. The molecular weight excluding hydrogens is 188 g/mol. The monoisotopic (exact) mass is 202 g/mol. The van der Waals surface area contributed by atoms with Crippen LogP contribution in [0.2, 0.25) is 0 Å². The second-order valence-electron chi connectivity index (χ2n) is 4.45. The third-order valence-electron chi connectivity index (χ3n) is 3.10. The van der Waals surface area contributed by atoms with Gasteiger partial charge in [-0.05, 0) is 18.4 Å². The highest BCUT2D eigenvalue weighted by Crippen LogP contribution is 2.48. The Morgan fingerprint density at radius 3 is 2.33 bits per heavy atom. The molecule has 1 rings (SSSR count). The van der Waals surface area contributed by atoms with Crippen molar-refractivity contribution in [2.24, 2.45) is 17.3 Å². The molecule has 0 aromatic carbocycles. The standard InChI is InChI=1S/C12H14N2O/c1-8(2)11-10(5-15)9(3)4-12(11,6-13)7-14/h5,8,11H,4H2,1-3H3/t11-/m1/s1. The lowest BCUT2D eigenvalue weighted by atomic mass is 9.72. The lowest BCUT2D eigenvalue weighted by Crippen LogP contribution is -2.28. The minimum atomic E-state index is -1.03. The minimum Gasteiger partial charge on any atom is -0.298 e. The summed E-state index contributed by atoms with van der Waals surface area (Å²) >= 11 is 0. The second-order valence-corrected chi connectivity index (χ2v) is 4.45. The fourth-order valence-electron chi connectivity index (χ4n) is 2.51. The van der Waals surface area contributed by atoms with Crippen LogP contribution < -0.4 is 0 Å². The van der Waals surface area contributed by atoms with Gasteiger partial charge < -0.3 is 0 Å². The first-order chi connectivity index (χ1) is 7.02. The van der Waals surface area contributed by atoms with Crippen molar-refractivity contribution in [1.82, 2.24) is 0 Å². The molecule has 0 saturated heterocycles. The van der Waals surface area contributed by atoms with Gasteiger partial charge in [0, 0.05) is 12.3 Å². The van der Waals surface area contributed by atoms with Gasteiger partial charge in [0.2, 0.25) is 0 Å². The third kappa shape index (κ3) is 1.55. The van der Waals surface area contributed by atoms with Crippen molar-refractivity contribution in [1.29, 1.82) is 10.5 Å². The van der Waals surface area contributed by atoms with Crippen LogP contribution in [0.4, 0.5) is 0 Å². The Bertz CT molecular complexity index is 379. The van der Waals surface area contributed by atoms with Gasteiger partial charge in [-0.1, -0.05) is 19.4 Å². The van der Waals surface area contributed by atoms with Crippen molar-refractivity contribution in [2.75, 3.05) is 0 Å². The molecule has 0 fully saturated rings. The Morgan fingerprint density at radius 1 is 1.47 bits per heavy atom. The van der Waals surface area contributed by atoms with E-state index in [0.29, 0.717) is 12.0 Å². The number of rotatable bonds is 2. The lowest BCUT2D eigenvalue weighted by molar-refractivity contribution is -0.105. The molecule has 1 atom stereocenters. The number of hydrogen-bond donors (Lipinski definition) is 0. The fraction of sp³-hybridized carbons (Fsp3) is 0.583. The van der Waals surface area contributed by atoms with Crippen LogP contribution in [0.1, 0.15) is 27.2 Å². The van der Waals surface area contributed by atoms with Gasteiger partial charge >= 0.3 is 0 Å². The van der Waals surface area contributed by atoms with Crippen LogP contribution in [0, 0.1) is 39.9 Å². The van der Waals surface area contributed by atoms with Gasteiger partial charge in [-0.2, -0.15) is 10.5 Å². The van der Waals surface area contributed by atoms with E-state index in [-0.39, 0.29) is 11.8 Å². The molecule has 0 amide bonds. The van der Waals surface area contributed by atoms with Crippen LogP contribution in [0.3, 0.4) is 0 Å². The first-order valence-corrected chi connectivity index (χ1v) is 4.99. The Hall–Kier alpha value is -1.61. The number of carbonyl (C=O) groups is 1. The topological polar surface area (TPSA) is 64.7 Å². The van der Waals surface area contributed by atoms with Crippen LogP contribution in [0.15, 0.2) is 11.1 Å². The molecule has 0 aliphatic heterocycles. The zero-order valence-electron chi connectivity index (χ0n) is 9.24. The van der Waals surface area contributed by atoms with E-state index in [9.17, 15) is 4.79 Å². The molecule has 78 valence electrons. The summed E-state index contributed by atoms with van der Waals surface area (Å²) < 4.78 is 0. The smallest absolute Gasteiger partial charge is 0.154 e. The maximum Gasteiger partial charge on any atom is 0.154 e. The van der Waals surface area contributed by atoms with Gasteiger partial charge in [-0.15, -0.1) is 0 Å². The van der Waals surface area contributed by atoms with E-state index in [4.69, 9.17) is 10.5 Å². The SMILES string of the molecule is CC1=C(C=O)[C@@H](C(C)C)C(C#N)(C#N)C1. The molecule has 0 radical (unpaired) electrons. The minimum absolute atomic E-state index is 0.127. The molecule has 1 aliphatic carbocycles. The lowest BCUT2D eigenvalue weighted by Gasteiger charge is -2.25. The number of carbonyl (C=O) groups excluding carboxylic acids is 1. The Kier molecular flexibility index (Phi) is 2.95. The summed E-state index contributed by atoms with van der Waals surface area (Å²) in [6, 6.07) is 4.18. The van der Waals surface area contributed by atoms with Gasteiger partial charge in [0.15, 0.2) is 5.41 Å². The normalized spacial score (nSPS) is 23.7. The van der Waals surface area contributed by atoms with Crippen molar-refractivity contribution in [3.8, 4) is 12.1 Å². The molecule has 0 aromatic rings. The van der Waals surface area contributed by atoms with E-state index in [1.165, 1.54) is 0 Å². The number of aldehydes is 1. The van der Waals surface area contributed by atoms with Crippen LogP contribution in [-0.2, 0) is 4.79 Å². The van der Waals surface area contributed by atoms with Gasteiger partial charge in [0.1, 0.15) is 6.29 Å². The van der Waals surface area contributed by atoms with Crippen molar-refractivity contribution in [3.63, 3.8) is 0 Å². The first kappa shape index (κ1) is 11.5. The van der Waals surface area contributed by atoms with Crippen molar-refractivity contribution >= 4 is 6.29 Å². The molecule has 0 unspecified atom stereocenters. The maximum absolute atomic E-state index is 11.0. The number of nitriles is 2. The molecule has 0 bridgehead atoms. The zero-order chi connectivity index (χ0) is 11.6. The van der Waals surface area contributed by atoms with Gasteiger partial charge in [0.25, 0.3) is 0 Å². The molecule has 0 aromatic heterocycles. The number of allylic oxidation sites excluding steroid dienone is 2. The molecule has 0 heterocycles. The molecule has 1 aliphatic rings. The summed E-state index contributed by atoms with van der Waals surface area (Å²) in [5, 5.41) is 18.3. The summed E-state index contributed by atoms with van der Waals surface area (Å²) in [6.45, 7) is 5.71. The number of hydrogen-bond acceptors (Lipinski definition) is 3. The summed E-state index contributed by atoms with van der Waals surface area (Å²) in [5.41, 5.74) is 0.494. The van der Waals surface area contributed by atoms with Gasteiger partial charge in [-0.3, -0.25) is 4.79 Å². The van der Waals surface area contributed by atoms with E-state index >= 15 is 0 Å². The summed E-state index contributed by atoms with van der Waals surface area (Å²) in [6.07, 6.45) is 1.20. The number of nitrogens with zero attached hydrogens (tertiary/aromatic N) is 2. The highest BCUT2D eigenvalue weighted by atomic mass is 16.1. The Morgan fingerprint density at radius 2 is 2.00 bits per heavy atom. The first-order valence-electron chi connectivity index (χ1n) is 4.99. The highest BCUT2D eigenvalue weighted by Gasteiger charge is 2.48. The third-order valence-corrected chi connectivity index (χ3v) is 3.10. The van der Waals surface area contributed by atoms with E-state index in [1.54, 1.807) is 0 Å². The van der Waals surface area contributed by atoms with Crippen molar-refractivity contribution < 1.29 is 4.79 Å². The summed E-state index contributed by atoms with van der Waals surface area (Å²) in [5.74, 6) is -0.119.